The van der Waals surface area contributed by atoms with Crippen LogP contribution in [0.1, 0.15) is 26.7 Å². The number of carbonyl (C=O) groups is 3. The van der Waals surface area contributed by atoms with Gasteiger partial charge in [-0.3, -0.25) is 14.4 Å². The first-order valence-electron chi connectivity index (χ1n) is 5.63. The Bertz CT molecular complexity index is 399. The third-order valence-corrected chi connectivity index (χ3v) is 3.85. The molecular formula is C12H16O5S. The van der Waals surface area contributed by atoms with Crippen LogP contribution in [0, 0.1) is 0 Å². The molecule has 0 saturated carbocycles. The fraction of sp³-hybridized carbons (Fsp3) is 0.583. The normalized spacial score (nSPS) is 16.9. The number of Topliss-reactive ketones (excluding diaryl/α,β-unsaturated/α-hetero) is 1. The van der Waals surface area contributed by atoms with Gasteiger partial charge in [-0.25, -0.2) is 0 Å². The number of aliphatic carboxylic acids is 1. The van der Waals surface area contributed by atoms with Crippen molar-refractivity contribution < 1.29 is 24.2 Å². The highest BCUT2D eigenvalue weighted by molar-refractivity contribution is 8.00. The van der Waals surface area contributed by atoms with Crippen LogP contribution >= 0.6 is 11.8 Å². The lowest BCUT2D eigenvalue weighted by Crippen LogP contribution is -2.14. The van der Waals surface area contributed by atoms with Crippen molar-refractivity contribution >= 4 is 29.5 Å². The Kier molecular flexibility index (Phi) is 5.40. The third-order valence-electron chi connectivity index (χ3n) is 2.69. The van der Waals surface area contributed by atoms with Crippen LogP contribution in [0.5, 0.6) is 0 Å². The number of hydrogen-bond donors (Lipinski definition) is 1. The van der Waals surface area contributed by atoms with Gasteiger partial charge in [0.25, 0.3) is 0 Å². The molecule has 0 spiro atoms. The van der Waals surface area contributed by atoms with Gasteiger partial charge >= 0.3 is 11.9 Å². The van der Waals surface area contributed by atoms with Crippen LogP contribution in [0.4, 0.5) is 0 Å². The van der Waals surface area contributed by atoms with Gasteiger partial charge in [0.15, 0.2) is 5.78 Å². The topological polar surface area (TPSA) is 80.7 Å². The lowest BCUT2D eigenvalue weighted by Gasteiger charge is -2.09. The number of ether oxygens (including phenoxy) is 1. The zero-order valence-electron chi connectivity index (χ0n) is 10.4. The van der Waals surface area contributed by atoms with E-state index in [1.165, 1.54) is 18.7 Å². The summed E-state index contributed by atoms with van der Waals surface area (Å²) in [5, 5.41) is 8.22. The lowest BCUT2D eigenvalue weighted by atomic mass is 10.2. The minimum absolute atomic E-state index is 0.0299. The Morgan fingerprint density at radius 3 is 2.67 bits per heavy atom. The van der Waals surface area contributed by atoms with E-state index in [1.54, 1.807) is 6.92 Å². The Balaban J connectivity index is 2.62. The van der Waals surface area contributed by atoms with E-state index < -0.39 is 11.2 Å². The van der Waals surface area contributed by atoms with Crippen LogP contribution < -0.4 is 0 Å². The Labute approximate surface area is 110 Å². The average molecular weight is 272 g/mol. The molecule has 18 heavy (non-hydrogen) atoms. The average Bonchev–Trinajstić information content (AvgIpc) is 2.64. The quantitative estimate of drug-likeness (QED) is 0.736. The molecule has 0 amide bonds. The number of hydrogen-bond acceptors (Lipinski definition) is 5. The molecule has 0 aliphatic heterocycles. The maximum atomic E-state index is 11.7. The summed E-state index contributed by atoms with van der Waals surface area (Å²) in [6.07, 6.45) is 1.03. The van der Waals surface area contributed by atoms with Crippen molar-refractivity contribution in [3.63, 3.8) is 0 Å². The fourth-order valence-corrected chi connectivity index (χ4v) is 2.50. The summed E-state index contributed by atoms with van der Waals surface area (Å²) in [6, 6.07) is 0. The predicted molar refractivity (Wildman–Crippen MR) is 67.5 cm³/mol. The van der Waals surface area contributed by atoms with E-state index in [0.29, 0.717) is 24.2 Å². The number of rotatable bonds is 6. The second-order valence-electron chi connectivity index (χ2n) is 4.08. The van der Waals surface area contributed by atoms with Crippen LogP contribution in [0.15, 0.2) is 11.1 Å². The largest absolute Gasteiger partial charge is 0.480 e. The predicted octanol–water partition coefficient (Wildman–Crippen LogP) is 1.42. The third kappa shape index (κ3) is 4.18. The van der Waals surface area contributed by atoms with Crippen LogP contribution in [-0.4, -0.2) is 40.4 Å². The molecule has 5 nitrogen and oxygen atoms in total. The highest BCUT2D eigenvalue weighted by atomic mass is 32.2. The van der Waals surface area contributed by atoms with E-state index in [-0.39, 0.29) is 18.4 Å². The van der Waals surface area contributed by atoms with Crippen LogP contribution in [0.2, 0.25) is 0 Å². The minimum Gasteiger partial charge on any atom is -0.480 e. The maximum absolute atomic E-state index is 11.7. The van der Waals surface area contributed by atoms with Gasteiger partial charge in [0.05, 0.1) is 5.25 Å². The van der Waals surface area contributed by atoms with Gasteiger partial charge in [-0.1, -0.05) is 0 Å². The SMILES string of the molecule is CC(=O)OCC1=C(CSC(C)C(=O)O)C(=O)CC1. The molecule has 0 bridgehead atoms. The molecule has 1 rings (SSSR count). The Morgan fingerprint density at radius 1 is 1.44 bits per heavy atom. The number of ketones is 1. The van der Waals surface area contributed by atoms with E-state index >= 15 is 0 Å². The van der Waals surface area contributed by atoms with Crippen LogP contribution in [0.25, 0.3) is 0 Å². The van der Waals surface area contributed by atoms with Gasteiger partial charge in [-0.15, -0.1) is 11.8 Å². The monoisotopic (exact) mass is 272 g/mol. The number of thioether (sulfide) groups is 1. The molecule has 1 aliphatic carbocycles. The molecule has 1 N–H and O–H groups in total. The van der Waals surface area contributed by atoms with E-state index in [0.717, 1.165) is 5.57 Å². The van der Waals surface area contributed by atoms with Crippen molar-refractivity contribution in [3.8, 4) is 0 Å². The summed E-state index contributed by atoms with van der Waals surface area (Å²) in [4.78, 5) is 33.1. The molecule has 1 atom stereocenters. The summed E-state index contributed by atoms with van der Waals surface area (Å²) in [7, 11) is 0. The standard InChI is InChI=1S/C12H16O5S/c1-7(12(15)16)18-6-10-9(3-4-11(10)14)5-17-8(2)13/h7H,3-6H2,1-2H3,(H,15,16). The molecule has 0 fully saturated rings. The Morgan fingerprint density at radius 2 is 2.11 bits per heavy atom. The van der Waals surface area contributed by atoms with E-state index in [1.807, 2.05) is 0 Å². The minimum atomic E-state index is -0.896. The molecule has 1 unspecified atom stereocenters. The van der Waals surface area contributed by atoms with Gasteiger partial charge in [0, 0.05) is 24.7 Å². The summed E-state index contributed by atoms with van der Waals surface area (Å²) in [5.74, 6) is -0.884. The number of carbonyl (C=O) groups excluding carboxylic acids is 2. The highest BCUT2D eigenvalue weighted by Gasteiger charge is 2.24. The number of esters is 1. The van der Waals surface area contributed by atoms with Crippen LogP contribution in [-0.2, 0) is 19.1 Å². The van der Waals surface area contributed by atoms with Crippen molar-refractivity contribution in [2.75, 3.05) is 12.4 Å². The van der Waals surface area contributed by atoms with Crippen molar-refractivity contribution in [3.05, 3.63) is 11.1 Å². The summed E-state index contributed by atoms with van der Waals surface area (Å²) in [5.41, 5.74) is 1.44. The van der Waals surface area contributed by atoms with E-state index in [9.17, 15) is 14.4 Å². The second kappa shape index (κ2) is 6.58. The summed E-state index contributed by atoms with van der Waals surface area (Å²) < 4.78 is 4.88. The summed E-state index contributed by atoms with van der Waals surface area (Å²) in [6.45, 7) is 3.04. The molecule has 1 aliphatic rings. The first-order valence-corrected chi connectivity index (χ1v) is 6.68. The highest BCUT2D eigenvalue weighted by Crippen LogP contribution is 2.27. The second-order valence-corrected chi connectivity index (χ2v) is 5.41. The molecule has 100 valence electrons. The van der Waals surface area contributed by atoms with E-state index in [4.69, 9.17) is 9.84 Å². The molecule has 0 saturated heterocycles. The summed E-state index contributed by atoms with van der Waals surface area (Å²) >= 11 is 1.20. The Hall–Kier alpha value is -1.30. The molecular weight excluding hydrogens is 256 g/mol. The van der Waals surface area contributed by atoms with Gasteiger partial charge in [0.1, 0.15) is 6.61 Å². The molecule has 0 aromatic rings. The number of carboxylic acids is 1. The van der Waals surface area contributed by atoms with Crippen molar-refractivity contribution in [1.82, 2.24) is 0 Å². The fourth-order valence-electron chi connectivity index (χ4n) is 1.57. The molecule has 6 heteroatoms. The molecule has 0 aromatic heterocycles. The molecule has 0 heterocycles. The van der Waals surface area contributed by atoms with Crippen molar-refractivity contribution in [2.45, 2.75) is 31.9 Å². The molecule has 0 radical (unpaired) electrons. The van der Waals surface area contributed by atoms with Crippen molar-refractivity contribution in [1.29, 1.82) is 0 Å². The van der Waals surface area contributed by atoms with Gasteiger partial charge in [-0.05, 0) is 18.9 Å². The zero-order chi connectivity index (χ0) is 13.7. The maximum Gasteiger partial charge on any atom is 0.316 e. The first kappa shape index (κ1) is 14.8. The van der Waals surface area contributed by atoms with E-state index in [2.05, 4.69) is 0 Å². The first-order chi connectivity index (χ1) is 8.41. The van der Waals surface area contributed by atoms with Gasteiger partial charge in [0.2, 0.25) is 0 Å². The van der Waals surface area contributed by atoms with Gasteiger partial charge in [-0.2, -0.15) is 0 Å². The molecule has 0 aromatic carbocycles. The zero-order valence-corrected chi connectivity index (χ0v) is 11.2. The van der Waals surface area contributed by atoms with Gasteiger partial charge < -0.3 is 9.84 Å². The van der Waals surface area contributed by atoms with Crippen LogP contribution in [0.3, 0.4) is 0 Å². The van der Waals surface area contributed by atoms with Crippen molar-refractivity contribution in [2.24, 2.45) is 0 Å². The number of carboxylic acid groups (broad SMARTS) is 1. The lowest BCUT2D eigenvalue weighted by molar-refractivity contribution is -0.140. The smallest absolute Gasteiger partial charge is 0.316 e.